The van der Waals surface area contributed by atoms with Gasteiger partial charge < -0.3 is 0 Å². The van der Waals surface area contributed by atoms with Crippen LogP contribution < -0.4 is 10.6 Å². The van der Waals surface area contributed by atoms with Crippen LogP contribution in [0.5, 0.6) is 0 Å². The maximum atomic E-state index is 4.14. The Bertz CT molecular complexity index is 390. The molecule has 1 heterocycles. The molecule has 2 heteroatoms. The van der Waals surface area contributed by atoms with Crippen LogP contribution in [-0.2, 0) is 0 Å². The largest absolute Gasteiger partial charge is 0.244 e. The van der Waals surface area contributed by atoms with Crippen LogP contribution in [0, 0.1) is 0 Å². The summed E-state index contributed by atoms with van der Waals surface area (Å²) in [7, 11) is 0. The molecular formula is C9H8N2. The fourth-order valence-electron chi connectivity index (χ4n) is 1.08. The molecule has 0 N–H and O–H groups in total. The number of allylic oxidation sites excluding steroid dienone is 2. The zero-order chi connectivity index (χ0) is 7.52. The van der Waals surface area contributed by atoms with Gasteiger partial charge in [-0.25, -0.2) is 9.97 Å². The van der Waals surface area contributed by atoms with Gasteiger partial charge in [-0.2, -0.15) is 0 Å². The van der Waals surface area contributed by atoms with E-state index in [9.17, 15) is 0 Å². The van der Waals surface area contributed by atoms with Crippen molar-refractivity contribution >= 4 is 12.2 Å². The summed E-state index contributed by atoms with van der Waals surface area (Å²) in [6.45, 7) is 0. The summed E-state index contributed by atoms with van der Waals surface area (Å²) >= 11 is 0. The molecule has 11 heavy (non-hydrogen) atoms. The summed E-state index contributed by atoms with van der Waals surface area (Å²) < 4.78 is 0. The highest BCUT2D eigenvalue weighted by atomic mass is 14.8. The normalized spacial score (nSPS) is 14.2. The second-order valence-electron chi connectivity index (χ2n) is 2.40. The SMILES string of the molecule is C1=CCC=c2ncncc2=C1. The van der Waals surface area contributed by atoms with Crippen molar-refractivity contribution < 1.29 is 0 Å². The van der Waals surface area contributed by atoms with Gasteiger partial charge in [0.2, 0.25) is 0 Å². The summed E-state index contributed by atoms with van der Waals surface area (Å²) in [5, 5.41) is 2.13. The molecule has 1 aliphatic rings. The number of rotatable bonds is 0. The van der Waals surface area contributed by atoms with E-state index in [1.54, 1.807) is 6.33 Å². The average molecular weight is 144 g/mol. The van der Waals surface area contributed by atoms with Crippen LogP contribution in [0.3, 0.4) is 0 Å². The highest BCUT2D eigenvalue weighted by Gasteiger charge is 1.86. The molecule has 0 saturated carbocycles. The van der Waals surface area contributed by atoms with Crippen molar-refractivity contribution in [2.24, 2.45) is 0 Å². The molecule has 0 unspecified atom stereocenters. The molecular weight excluding hydrogens is 136 g/mol. The quantitative estimate of drug-likeness (QED) is 0.512. The lowest BCUT2D eigenvalue weighted by Crippen LogP contribution is -2.27. The second kappa shape index (κ2) is 2.66. The molecule has 0 atom stereocenters. The predicted molar refractivity (Wildman–Crippen MR) is 44.0 cm³/mol. The van der Waals surface area contributed by atoms with E-state index < -0.39 is 0 Å². The first kappa shape index (κ1) is 6.28. The van der Waals surface area contributed by atoms with Crippen molar-refractivity contribution in [1.82, 2.24) is 9.97 Å². The van der Waals surface area contributed by atoms with Gasteiger partial charge >= 0.3 is 0 Å². The number of hydrogen-bond acceptors (Lipinski definition) is 2. The molecule has 0 aliphatic heterocycles. The van der Waals surface area contributed by atoms with Gasteiger partial charge in [-0.1, -0.05) is 24.3 Å². The third-order valence-electron chi connectivity index (χ3n) is 1.63. The molecule has 2 rings (SSSR count). The predicted octanol–water partition coefficient (Wildman–Crippen LogP) is -0.00250. The Balaban J connectivity index is 2.81. The van der Waals surface area contributed by atoms with Crippen molar-refractivity contribution in [3.8, 4) is 0 Å². The van der Waals surface area contributed by atoms with Crippen LogP contribution in [0.4, 0.5) is 0 Å². The summed E-state index contributed by atoms with van der Waals surface area (Å²) in [5.41, 5.74) is 0. The van der Waals surface area contributed by atoms with E-state index in [2.05, 4.69) is 22.1 Å². The van der Waals surface area contributed by atoms with Gasteiger partial charge in [-0.3, -0.25) is 0 Å². The molecule has 0 radical (unpaired) electrons. The van der Waals surface area contributed by atoms with Crippen LogP contribution in [0.1, 0.15) is 6.42 Å². The minimum absolute atomic E-state index is 0.959. The zero-order valence-corrected chi connectivity index (χ0v) is 6.07. The van der Waals surface area contributed by atoms with Crippen molar-refractivity contribution in [3.05, 3.63) is 35.2 Å². The van der Waals surface area contributed by atoms with Crippen LogP contribution in [-0.4, -0.2) is 9.97 Å². The maximum Gasteiger partial charge on any atom is 0.116 e. The number of nitrogens with zero attached hydrogens (tertiary/aromatic N) is 2. The first-order valence-corrected chi connectivity index (χ1v) is 3.60. The van der Waals surface area contributed by atoms with E-state index in [0.717, 1.165) is 17.0 Å². The third-order valence-corrected chi connectivity index (χ3v) is 1.63. The molecule has 1 aromatic heterocycles. The Labute approximate surface area is 64.6 Å². The fraction of sp³-hybridized carbons (Fsp3) is 0.111. The minimum Gasteiger partial charge on any atom is -0.244 e. The molecule has 1 aliphatic carbocycles. The Morgan fingerprint density at radius 1 is 1.36 bits per heavy atom. The molecule has 0 spiro atoms. The smallest absolute Gasteiger partial charge is 0.116 e. The zero-order valence-electron chi connectivity index (χ0n) is 6.07. The topological polar surface area (TPSA) is 25.8 Å². The van der Waals surface area contributed by atoms with Crippen molar-refractivity contribution in [2.45, 2.75) is 6.42 Å². The third kappa shape index (κ3) is 1.19. The second-order valence-corrected chi connectivity index (χ2v) is 2.40. The molecule has 0 bridgehead atoms. The van der Waals surface area contributed by atoms with Crippen LogP contribution in [0.2, 0.25) is 0 Å². The van der Waals surface area contributed by atoms with Crippen molar-refractivity contribution in [2.75, 3.05) is 0 Å². The summed E-state index contributed by atoms with van der Waals surface area (Å²) in [4.78, 5) is 8.08. The Hall–Kier alpha value is -1.44. The van der Waals surface area contributed by atoms with Crippen molar-refractivity contribution in [1.29, 1.82) is 0 Å². The molecule has 54 valence electrons. The fourth-order valence-corrected chi connectivity index (χ4v) is 1.08. The Morgan fingerprint density at radius 3 is 3.36 bits per heavy atom. The molecule has 1 aromatic rings. The minimum atomic E-state index is 0.959. The van der Waals surface area contributed by atoms with Gasteiger partial charge in [0.05, 0.1) is 5.35 Å². The molecule has 0 aromatic carbocycles. The number of hydrogen-bond donors (Lipinski definition) is 0. The highest BCUT2D eigenvalue weighted by Crippen LogP contribution is 1.86. The van der Waals surface area contributed by atoms with Crippen molar-refractivity contribution in [3.63, 3.8) is 0 Å². The first-order valence-electron chi connectivity index (χ1n) is 3.60. The summed E-state index contributed by atoms with van der Waals surface area (Å²) in [5.74, 6) is 0. The molecule has 0 saturated heterocycles. The molecule has 0 amide bonds. The van der Waals surface area contributed by atoms with Gasteiger partial charge in [-0.05, 0) is 6.42 Å². The van der Waals surface area contributed by atoms with E-state index in [-0.39, 0.29) is 0 Å². The van der Waals surface area contributed by atoms with E-state index in [1.165, 1.54) is 0 Å². The Morgan fingerprint density at radius 2 is 2.36 bits per heavy atom. The molecule has 2 nitrogen and oxygen atoms in total. The van der Waals surface area contributed by atoms with Crippen LogP contribution in [0.25, 0.3) is 12.2 Å². The first-order chi connectivity index (χ1) is 5.47. The lowest BCUT2D eigenvalue weighted by Gasteiger charge is -1.84. The standard InChI is InChI=1S/C9H8N2/c1-2-4-8-6-10-7-11-9(8)5-3-1/h1-2,4-7H,3H2. The van der Waals surface area contributed by atoms with E-state index in [0.29, 0.717) is 0 Å². The summed E-state index contributed by atoms with van der Waals surface area (Å²) in [6, 6.07) is 0. The van der Waals surface area contributed by atoms with Gasteiger partial charge in [0.1, 0.15) is 6.33 Å². The lowest BCUT2D eigenvalue weighted by molar-refractivity contribution is 1.10. The van der Waals surface area contributed by atoms with Gasteiger partial charge in [0.25, 0.3) is 0 Å². The Kier molecular flexibility index (Phi) is 1.52. The lowest BCUT2D eigenvalue weighted by atomic mass is 10.3. The maximum absolute atomic E-state index is 4.14. The van der Waals surface area contributed by atoms with Gasteiger partial charge in [-0.15, -0.1) is 0 Å². The molecule has 0 fully saturated rings. The van der Waals surface area contributed by atoms with E-state index >= 15 is 0 Å². The average Bonchev–Trinajstić information content (AvgIpc) is 2.28. The number of aromatic nitrogens is 2. The van der Waals surface area contributed by atoms with Gasteiger partial charge in [0, 0.05) is 11.4 Å². The van der Waals surface area contributed by atoms with Crippen LogP contribution >= 0.6 is 0 Å². The highest BCUT2D eigenvalue weighted by molar-refractivity contribution is 5.41. The van der Waals surface area contributed by atoms with Crippen LogP contribution in [0.15, 0.2) is 24.7 Å². The van der Waals surface area contributed by atoms with Gasteiger partial charge in [0.15, 0.2) is 0 Å². The van der Waals surface area contributed by atoms with E-state index in [4.69, 9.17) is 0 Å². The van der Waals surface area contributed by atoms with E-state index in [1.807, 2.05) is 18.3 Å². The monoisotopic (exact) mass is 144 g/mol. The summed E-state index contributed by atoms with van der Waals surface area (Å²) in [6.07, 6.45) is 12.6. The number of fused-ring (bicyclic) bond motifs is 1.